The molecular weight excluding hydrogens is 344 g/mol. The van der Waals surface area contributed by atoms with Crippen LogP contribution in [0, 0.1) is 0 Å². The van der Waals surface area contributed by atoms with Crippen molar-refractivity contribution in [2.45, 2.75) is 96.8 Å². The number of nitrogens with one attached hydrogen (secondary N) is 1. The second kappa shape index (κ2) is 18.5. The van der Waals surface area contributed by atoms with Crippen molar-refractivity contribution in [2.75, 3.05) is 0 Å². The van der Waals surface area contributed by atoms with Gasteiger partial charge < -0.3 is 0 Å². The number of rotatable bonds is 17. The fourth-order valence-corrected chi connectivity index (χ4v) is 3.23. The van der Waals surface area contributed by atoms with Gasteiger partial charge in [0.25, 0.3) is 0 Å². The predicted molar refractivity (Wildman–Crippen MR) is 122 cm³/mol. The van der Waals surface area contributed by atoms with Crippen LogP contribution in [0.15, 0.2) is 41.5 Å². The molecule has 0 aromatic heterocycles. The molecule has 0 saturated heterocycles. The van der Waals surface area contributed by atoms with Gasteiger partial charge in [0.2, 0.25) is 5.91 Å². The summed E-state index contributed by atoms with van der Waals surface area (Å²) in [6.45, 7) is 2.27. The third-order valence-corrected chi connectivity index (χ3v) is 4.95. The van der Waals surface area contributed by atoms with Crippen LogP contribution in [0.2, 0.25) is 0 Å². The van der Waals surface area contributed by atoms with E-state index < -0.39 is 0 Å². The Labute approximate surface area is 172 Å². The molecule has 0 aliphatic carbocycles. The van der Waals surface area contributed by atoms with E-state index in [1.54, 1.807) is 6.21 Å². The lowest BCUT2D eigenvalue weighted by molar-refractivity contribution is -0.121. The number of hydrazone groups is 1. The number of unbranched alkanes of at least 4 members (excludes halogenated alkanes) is 12. The van der Waals surface area contributed by atoms with Gasteiger partial charge >= 0.3 is 0 Å². The molecule has 3 nitrogen and oxygen atoms in total. The van der Waals surface area contributed by atoms with E-state index in [-0.39, 0.29) is 5.91 Å². The van der Waals surface area contributed by atoms with Crippen LogP contribution < -0.4 is 5.43 Å². The van der Waals surface area contributed by atoms with E-state index in [0.29, 0.717) is 6.42 Å². The van der Waals surface area contributed by atoms with Gasteiger partial charge in [0.1, 0.15) is 0 Å². The fraction of sp³-hybridized carbons (Fsp3) is 0.600. The first-order valence-corrected chi connectivity index (χ1v) is 11.4. The number of amides is 1. The van der Waals surface area contributed by atoms with Gasteiger partial charge in [0.15, 0.2) is 0 Å². The minimum Gasteiger partial charge on any atom is -0.273 e. The molecule has 28 heavy (non-hydrogen) atoms. The van der Waals surface area contributed by atoms with E-state index in [2.05, 4.69) is 17.5 Å². The minimum absolute atomic E-state index is 0.00688. The van der Waals surface area contributed by atoms with Crippen molar-refractivity contribution in [2.24, 2.45) is 5.10 Å². The Balaban J connectivity index is 1.86. The Morgan fingerprint density at radius 3 is 1.93 bits per heavy atom. The van der Waals surface area contributed by atoms with Crippen LogP contribution in [-0.4, -0.2) is 12.1 Å². The van der Waals surface area contributed by atoms with Crippen LogP contribution in [0.3, 0.4) is 0 Å². The van der Waals surface area contributed by atoms with Crippen molar-refractivity contribution in [3.8, 4) is 0 Å². The van der Waals surface area contributed by atoms with Gasteiger partial charge in [-0.25, -0.2) is 5.43 Å². The smallest absolute Gasteiger partial charge is 0.240 e. The first kappa shape index (κ1) is 24.1. The highest BCUT2D eigenvalue weighted by Gasteiger charge is 1.99. The van der Waals surface area contributed by atoms with Crippen molar-refractivity contribution >= 4 is 18.2 Å². The third kappa shape index (κ3) is 15.2. The molecule has 1 N–H and O–H groups in total. The second-order valence-electron chi connectivity index (χ2n) is 7.58. The quantitative estimate of drug-likeness (QED) is 0.171. The number of hydrogen-bond acceptors (Lipinski definition) is 2. The lowest BCUT2D eigenvalue weighted by Gasteiger charge is -2.03. The van der Waals surface area contributed by atoms with Crippen molar-refractivity contribution < 1.29 is 4.79 Å². The van der Waals surface area contributed by atoms with E-state index in [0.717, 1.165) is 18.4 Å². The summed E-state index contributed by atoms with van der Waals surface area (Å²) >= 11 is 0. The molecule has 3 heteroatoms. The van der Waals surface area contributed by atoms with E-state index in [9.17, 15) is 4.79 Å². The number of benzene rings is 1. The van der Waals surface area contributed by atoms with Gasteiger partial charge in [-0.15, -0.1) is 0 Å². The molecular formula is C25H40N2O. The average molecular weight is 385 g/mol. The molecule has 0 unspecified atom stereocenters. The zero-order valence-electron chi connectivity index (χ0n) is 17.9. The summed E-state index contributed by atoms with van der Waals surface area (Å²) in [5, 5.41) is 3.96. The predicted octanol–water partition coefficient (Wildman–Crippen LogP) is 7.28. The van der Waals surface area contributed by atoms with Crippen molar-refractivity contribution in [3.63, 3.8) is 0 Å². The van der Waals surface area contributed by atoms with Crippen LogP contribution in [0.4, 0.5) is 0 Å². The number of hydrogen-bond donors (Lipinski definition) is 1. The van der Waals surface area contributed by atoms with Gasteiger partial charge in [-0.1, -0.05) is 120 Å². The van der Waals surface area contributed by atoms with Crippen LogP contribution in [0.1, 0.15) is 102 Å². The largest absolute Gasteiger partial charge is 0.273 e. The van der Waals surface area contributed by atoms with Crippen molar-refractivity contribution in [1.82, 2.24) is 5.43 Å². The Morgan fingerprint density at radius 2 is 1.36 bits per heavy atom. The van der Waals surface area contributed by atoms with E-state index in [1.807, 2.05) is 42.5 Å². The minimum atomic E-state index is 0.00688. The Hall–Kier alpha value is -1.90. The molecule has 1 aromatic rings. The topological polar surface area (TPSA) is 41.5 Å². The number of carbonyl (C=O) groups is 1. The normalized spacial score (nSPS) is 11.5. The van der Waals surface area contributed by atoms with E-state index >= 15 is 0 Å². The lowest BCUT2D eigenvalue weighted by Crippen LogP contribution is -2.16. The van der Waals surface area contributed by atoms with Crippen LogP contribution in [-0.2, 0) is 4.79 Å². The van der Waals surface area contributed by atoms with Crippen molar-refractivity contribution in [1.29, 1.82) is 0 Å². The fourth-order valence-electron chi connectivity index (χ4n) is 3.23. The Kier molecular flexibility index (Phi) is 15.9. The first-order chi connectivity index (χ1) is 13.8. The van der Waals surface area contributed by atoms with Crippen molar-refractivity contribution in [3.05, 3.63) is 42.0 Å². The average Bonchev–Trinajstić information content (AvgIpc) is 2.72. The standard InChI is InChI=1S/C25H40N2O/c1-2-3-4-5-6-7-8-9-10-11-12-13-17-22-25(28)27-26-23-18-21-24-19-15-14-16-20-24/h14-16,18-21,23H,2-13,17,22H2,1H3,(H,27,28)/b21-18+,26-23+. The summed E-state index contributed by atoms with van der Waals surface area (Å²) < 4.78 is 0. The van der Waals surface area contributed by atoms with E-state index in [1.165, 1.54) is 70.6 Å². The summed E-state index contributed by atoms with van der Waals surface area (Å²) in [6, 6.07) is 10.0. The van der Waals surface area contributed by atoms with Gasteiger partial charge in [-0.05, 0) is 18.1 Å². The molecule has 156 valence electrons. The Bertz CT molecular complexity index is 537. The lowest BCUT2D eigenvalue weighted by atomic mass is 10.0. The number of allylic oxidation sites excluding steroid dienone is 1. The third-order valence-electron chi connectivity index (χ3n) is 4.95. The van der Waals surface area contributed by atoms with Gasteiger partial charge in [0, 0.05) is 12.6 Å². The second-order valence-corrected chi connectivity index (χ2v) is 7.58. The molecule has 1 rings (SSSR count). The SMILES string of the molecule is CCCCCCCCCCCCCCCC(=O)N/N=C/C=C/c1ccccc1. The monoisotopic (exact) mass is 384 g/mol. The summed E-state index contributed by atoms with van der Waals surface area (Å²) in [6.07, 6.45) is 23.1. The van der Waals surface area contributed by atoms with Crippen LogP contribution in [0.25, 0.3) is 6.08 Å². The van der Waals surface area contributed by atoms with Crippen LogP contribution >= 0.6 is 0 Å². The summed E-state index contributed by atoms with van der Waals surface area (Å²) in [5.41, 5.74) is 3.71. The molecule has 0 radical (unpaired) electrons. The molecule has 1 amide bonds. The molecule has 0 spiro atoms. The van der Waals surface area contributed by atoms with Gasteiger partial charge in [-0.2, -0.15) is 5.10 Å². The maximum atomic E-state index is 11.7. The molecule has 0 atom stereocenters. The maximum absolute atomic E-state index is 11.7. The zero-order valence-corrected chi connectivity index (χ0v) is 17.9. The van der Waals surface area contributed by atoms with Gasteiger partial charge in [0.05, 0.1) is 0 Å². The van der Waals surface area contributed by atoms with E-state index in [4.69, 9.17) is 0 Å². The first-order valence-electron chi connectivity index (χ1n) is 11.4. The van der Waals surface area contributed by atoms with Crippen LogP contribution in [0.5, 0.6) is 0 Å². The maximum Gasteiger partial charge on any atom is 0.240 e. The molecule has 1 aromatic carbocycles. The highest BCUT2D eigenvalue weighted by molar-refractivity contribution is 5.81. The zero-order chi connectivity index (χ0) is 20.1. The highest BCUT2D eigenvalue weighted by atomic mass is 16.2. The molecule has 0 aliphatic heterocycles. The summed E-state index contributed by atoms with van der Waals surface area (Å²) in [4.78, 5) is 11.7. The summed E-state index contributed by atoms with van der Waals surface area (Å²) in [5.74, 6) is 0.00688. The molecule has 0 fully saturated rings. The molecule has 0 aliphatic rings. The molecule has 0 bridgehead atoms. The highest BCUT2D eigenvalue weighted by Crippen LogP contribution is 2.12. The molecule has 0 saturated carbocycles. The Morgan fingerprint density at radius 1 is 0.821 bits per heavy atom. The summed E-state index contributed by atoms with van der Waals surface area (Å²) in [7, 11) is 0. The van der Waals surface area contributed by atoms with Gasteiger partial charge in [-0.3, -0.25) is 4.79 Å². The number of carbonyl (C=O) groups excluding carboxylic acids is 1. The number of nitrogens with zero attached hydrogens (tertiary/aromatic N) is 1. The molecule has 0 heterocycles.